The summed E-state index contributed by atoms with van der Waals surface area (Å²) < 4.78 is 0. The normalized spacial score (nSPS) is 10.6. The van der Waals surface area contributed by atoms with Gasteiger partial charge in [-0.15, -0.1) is 0 Å². The number of anilines is 1. The van der Waals surface area contributed by atoms with E-state index in [1.807, 2.05) is 24.3 Å². The van der Waals surface area contributed by atoms with Crippen molar-refractivity contribution in [3.8, 4) is 11.3 Å². The van der Waals surface area contributed by atoms with Gasteiger partial charge in [-0.3, -0.25) is 10.1 Å². The molecule has 6 heteroatoms. The first-order valence-electron chi connectivity index (χ1n) is 6.35. The van der Waals surface area contributed by atoms with Gasteiger partial charge in [0.25, 0.3) is 0 Å². The lowest BCUT2D eigenvalue weighted by molar-refractivity contribution is 1.09. The van der Waals surface area contributed by atoms with E-state index in [-0.39, 0.29) is 0 Å². The van der Waals surface area contributed by atoms with Gasteiger partial charge in [0.15, 0.2) is 0 Å². The number of nitrogens with zero attached hydrogens (tertiary/aromatic N) is 2. The average molecular weight is 319 g/mol. The predicted octanol–water partition coefficient (Wildman–Crippen LogP) is 4.39. The second-order valence-electron chi connectivity index (χ2n) is 4.52. The molecule has 0 spiro atoms. The first-order valence-corrected chi connectivity index (χ1v) is 7.10. The van der Waals surface area contributed by atoms with Crippen LogP contribution in [-0.4, -0.2) is 15.2 Å². The summed E-state index contributed by atoms with van der Waals surface area (Å²) in [7, 11) is 0. The Morgan fingerprint density at radius 3 is 2.62 bits per heavy atom. The highest BCUT2D eigenvalue weighted by molar-refractivity contribution is 6.35. The number of aromatic nitrogens is 3. The van der Waals surface area contributed by atoms with Crippen LogP contribution in [-0.2, 0) is 6.54 Å². The van der Waals surface area contributed by atoms with E-state index in [0.29, 0.717) is 16.6 Å². The summed E-state index contributed by atoms with van der Waals surface area (Å²) in [5.74, 6) is 0. The Morgan fingerprint density at radius 1 is 1.10 bits per heavy atom. The molecule has 0 atom stereocenters. The molecule has 0 unspecified atom stereocenters. The summed E-state index contributed by atoms with van der Waals surface area (Å²) in [6.45, 7) is 0.609. The Bertz CT molecular complexity index is 720. The molecule has 106 valence electrons. The van der Waals surface area contributed by atoms with Crippen molar-refractivity contribution in [2.45, 2.75) is 6.54 Å². The van der Waals surface area contributed by atoms with Gasteiger partial charge in [-0.25, -0.2) is 0 Å². The lowest BCUT2D eigenvalue weighted by Gasteiger charge is -2.08. The Labute approximate surface area is 132 Å². The molecule has 3 rings (SSSR count). The number of aromatic amines is 1. The molecule has 0 fully saturated rings. The van der Waals surface area contributed by atoms with Crippen molar-refractivity contribution in [3.63, 3.8) is 0 Å². The van der Waals surface area contributed by atoms with Crippen molar-refractivity contribution in [1.29, 1.82) is 0 Å². The van der Waals surface area contributed by atoms with Crippen LogP contribution in [0.1, 0.15) is 5.56 Å². The van der Waals surface area contributed by atoms with E-state index in [0.717, 1.165) is 22.5 Å². The molecule has 0 aliphatic carbocycles. The highest BCUT2D eigenvalue weighted by Gasteiger charge is 2.08. The summed E-state index contributed by atoms with van der Waals surface area (Å²) in [6.07, 6.45) is 5.33. The van der Waals surface area contributed by atoms with E-state index in [9.17, 15) is 0 Å². The number of hydrogen-bond donors (Lipinski definition) is 2. The minimum absolute atomic E-state index is 0.602. The summed E-state index contributed by atoms with van der Waals surface area (Å²) in [5.41, 5.74) is 3.85. The van der Waals surface area contributed by atoms with Crippen molar-refractivity contribution < 1.29 is 0 Å². The maximum Gasteiger partial charge on any atom is 0.0715 e. The monoisotopic (exact) mass is 318 g/mol. The topological polar surface area (TPSA) is 53.6 Å². The van der Waals surface area contributed by atoms with Gasteiger partial charge in [0.2, 0.25) is 0 Å². The van der Waals surface area contributed by atoms with Crippen LogP contribution < -0.4 is 5.32 Å². The van der Waals surface area contributed by atoms with Crippen molar-refractivity contribution in [1.82, 2.24) is 15.2 Å². The maximum absolute atomic E-state index is 5.99. The molecule has 0 saturated carbocycles. The Balaban J connectivity index is 1.79. The van der Waals surface area contributed by atoms with Gasteiger partial charge in [-0.1, -0.05) is 23.2 Å². The van der Waals surface area contributed by atoms with Crippen molar-refractivity contribution in [2.24, 2.45) is 0 Å². The third-order valence-electron chi connectivity index (χ3n) is 3.01. The minimum Gasteiger partial charge on any atom is -0.381 e. The molecule has 21 heavy (non-hydrogen) atoms. The van der Waals surface area contributed by atoms with Gasteiger partial charge in [0.1, 0.15) is 0 Å². The van der Waals surface area contributed by atoms with Gasteiger partial charge < -0.3 is 5.32 Å². The standard InChI is InChI=1S/C15H12Cl2N4/c16-12-4-13(17)6-14(5-12)19-8-11-9-20-21-15(11)10-2-1-3-18-7-10/h1-7,9,19H,8H2,(H,20,21). The smallest absolute Gasteiger partial charge is 0.0715 e. The van der Waals surface area contributed by atoms with Gasteiger partial charge in [-0.2, -0.15) is 5.10 Å². The number of hydrogen-bond acceptors (Lipinski definition) is 3. The molecule has 0 amide bonds. The number of benzene rings is 1. The first kappa shape index (κ1) is 13.9. The van der Waals surface area contributed by atoms with Gasteiger partial charge >= 0.3 is 0 Å². The molecule has 2 aromatic heterocycles. The van der Waals surface area contributed by atoms with Gasteiger partial charge in [0, 0.05) is 45.8 Å². The van der Waals surface area contributed by atoms with Crippen LogP contribution in [0.15, 0.2) is 48.9 Å². The van der Waals surface area contributed by atoms with E-state index >= 15 is 0 Å². The zero-order chi connectivity index (χ0) is 14.7. The molecule has 0 radical (unpaired) electrons. The highest BCUT2D eigenvalue weighted by Crippen LogP contribution is 2.24. The van der Waals surface area contributed by atoms with Crippen molar-refractivity contribution >= 4 is 28.9 Å². The molecule has 0 saturated heterocycles. The molecule has 0 aliphatic rings. The highest BCUT2D eigenvalue weighted by atomic mass is 35.5. The summed E-state index contributed by atoms with van der Waals surface area (Å²) in [4.78, 5) is 4.12. The van der Waals surface area contributed by atoms with E-state index in [2.05, 4.69) is 20.5 Å². The van der Waals surface area contributed by atoms with Crippen LogP contribution in [0.3, 0.4) is 0 Å². The van der Waals surface area contributed by atoms with Crippen molar-refractivity contribution in [2.75, 3.05) is 5.32 Å². The Morgan fingerprint density at radius 2 is 1.90 bits per heavy atom. The van der Waals surface area contributed by atoms with E-state index in [4.69, 9.17) is 23.2 Å². The molecule has 2 heterocycles. The summed E-state index contributed by atoms with van der Waals surface area (Å²) >= 11 is 12.0. The third-order valence-corrected chi connectivity index (χ3v) is 3.45. The molecule has 0 bridgehead atoms. The number of H-pyrrole nitrogens is 1. The first-order chi connectivity index (χ1) is 10.2. The van der Waals surface area contributed by atoms with Crippen molar-refractivity contribution in [3.05, 3.63) is 64.5 Å². The van der Waals surface area contributed by atoms with Crippen LogP contribution in [0, 0.1) is 0 Å². The third kappa shape index (κ3) is 3.35. The molecule has 1 aromatic carbocycles. The fraction of sp³-hybridized carbons (Fsp3) is 0.0667. The molecular weight excluding hydrogens is 307 g/mol. The quantitative estimate of drug-likeness (QED) is 0.750. The van der Waals surface area contributed by atoms with E-state index in [1.165, 1.54) is 0 Å². The Hall–Kier alpha value is -2.04. The second-order valence-corrected chi connectivity index (χ2v) is 5.40. The number of pyridine rings is 1. The largest absolute Gasteiger partial charge is 0.381 e. The van der Waals surface area contributed by atoms with Gasteiger partial charge in [-0.05, 0) is 30.3 Å². The lowest BCUT2D eigenvalue weighted by atomic mass is 10.1. The maximum atomic E-state index is 5.99. The SMILES string of the molecule is Clc1cc(Cl)cc(NCc2cn[nH]c2-c2cccnc2)c1. The lowest BCUT2D eigenvalue weighted by Crippen LogP contribution is -2.00. The molecule has 4 nitrogen and oxygen atoms in total. The zero-order valence-corrected chi connectivity index (χ0v) is 12.5. The number of nitrogens with one attached hydrogen (secondary N) is 2. The fourth-order valence-electron chi connectivity index (χ4n) is 2.06. The van der Waals surface area contributed by atoms with E-state index in [1.54, 1.807) is 24.7 Å². The van der Waals surface area contributed by atoms with Crippen LogP contribution in [0.4, 0.5) is 5.69 Å². The number of halogens is 2. The molecule has 2 N–H and O–H groups in total. The minimum atomic E-state index is 0.602. The van der Waals surface area contributed by atoms with Crippen LogP contribution in [0.25, 0.3) is 11.3 Å². The fourth-order valence-corrected chi connectivity index (χ4v) is 2.58. The number of rotatable bonds is 4. The Kier molecular flexibility index (Phi) is 4.08. The second kappa shape index (κ2) is 6.16. The summed E-state index contributed by atoms with van der Waals surface area (Å²) in [5, 5.41) is 11.6. The van der Waals surface area contributed by atoms with E-state index < -0.39 is 0 Å². The molecule has 0 aliphatic heterocycles. The van der Waals surface area contributed by atoms with Crippen LogP contribution in [0.5, 0.6) is 0 Å². The van der Waals surface area contributed by atoms with Crippen LogP contribution >= 0.6 is 23.2 Å². The van der Waals surface area contributed by atoms with Crippen LogP contribution in [0.2, 0.25) is 10.0 Å². The summed E-state index contributed by atoms with van der Waals surface area (Å²) in [6, 6.07) is 9.24. The average Bonchev–Trinajstić information content (AvgIpc) is 2.93. The predicted molar refractivity (Wildman–Crippen MR) is 85.6 cm³/mol. The molecule has 3 aromatic rings. The zero-order valence-electron chi connectivity index (χ0n) is 11.0. The molecular formula is C15H12Cl2N4. The van der Waals surface area contributed by atoms with Gasteiger partial charge in [0.05, 0.1) is 11.9 Å².